The predicted molar refractivity (Wildman–Crippen MR) is 93.9 cm³/mol. The van der Waals surface area contributed by atoms with Gasteiger partial charge in [0, 0.05) is 0 Å². The van der Waals surface area contributed by atoms with Gasteiger partial charge >= 0.3 is 5.97 Å². The van der Waals surface area contributed by atoms with Crippen molar-refractivity contribution in [2.75, 3.05) is 12.5 Å². The van der Waals surface area contributed by atoms with Gasteiger partial charge < -0.3 is 19.5 Å². The first-order valence-corrected chi connectivity index (χ1v) is 9.40. The number of hydrogen-bond donors (Lipinski definition) is 2. The van der Waals surface area contributed by atoms with Crippen molar-refractivity contribution in [3.05, 3.63) is 12.2 Å². The number of hydrogen-bond acceptors (Lipinski definition) is 5. The summed E-state index contributed by atoms with van der Waals surface area (Å²) in [4.78, 5) is 36.6. The van der Waals surface area contributed by atoms with Gasteiger partial charge in [-0.3, -0.25) is 9.59 Å². The molecule has 1 heterocycles. The summed E-state index contributed by atoms with van der Waals surface area (Å²) in [5, 5.41) is 0.819. The maximum atomic E-state index is 12.3. The lowest BCUT2D eigenvalue weighted by molar-refractivity contribution is -0.163. The second-order valence-electron chi connectivity index (χ2n) is 5.06. The lowest BCUT2D eigenvalue weighted by atomic mass is 9.99. The van der Waals surface area contributed by atoms with E-state index in [-0.39, 0.29) is 5.57 Å². The molecule has 4 atom stereocenters. The van der Waals surface area contributed by atoms with Gasteiger partial charge in [-0.05, 0) is 12.5 Å². The van der Waals surface area contributed by atoms with Crippen molar-refractivity contribution in [2.24, 2.45) is 0 Å². The molecule has 13 heteroatoms. The molecule has 2 N–H and O–H groups in total. The molecule has 1 saturated heterocycles. The topological polar surface area (TPSA) is 113 Å². The Hall–Kier alpha value is -0.580. The average molecular weight is 456 g/mol. The number of ether oxygens (including phenoxy) is 1. The number of nitrogens with one attached hydrogen (secondary N) is 1. The van der Waals surface area contributed by atoms with Gasteiger partial charge in [-0.2, -0.15) is 0 Å². The molecule has 0 aliphatic carbocycles. The van der Waals surface area contributed by atoms with E-state index < -0.39 is 62.6 Å². The summed E-state index contributed by atoms with van der Waals surface area (Å²) in [7, 11) is 0. The molecular formula is C12H14Cl4N2O6S. The second-order valence-corrected chi connectivity index (χ2v) is 8.88. The van der Waals surface area contributed by atoms with Gasteiger partial charge in [-0.25, -0.2) is 9.00 Å². The molecule has 1 rings (SSSR count). The fourth-order valence-corrected chi connectivity index (χ4v) is 3.18. The van der Waals surface area contributed by atoms with Crippen LogP contribution >= 0.6 is 46.4 Å². The number of nitrogens with zero attached hydrogens (tertiary/aromatic N) is 1. The summed E-state index contributed by atoms with van der Waals surface area (Å²) in [6.45, 7) is 4.39. The number of rotatable bonds is 7. The van der Waals surface area contributed by atoms with E-state index in [2.05, 4.69) is 11.9 Å². The zero-order chi connectivity index (χ0) is 19.5. The molecule has 2 amide bonds. The minimum Gasteiger partial charge on any atom is -0.459 e. The van der Waals surface area contributed by atoms with Gasteiger partial charge in [0.2, 0.25) is 9.70 Å². The highest BCUT2D eigenvalue weighted by molar-refractivity contribution is 7.80. The Labute approximate surface area is 166 Å². The first-order valence-electron chi connectivity index (χ1n) is 6.56. The minimum absolute atomic E-state index is 0.153. The van der Waals surface area contributed by atoms with Crippen LogP contribution in [0, 0.1) is 0 Å². The zero-order valence-corrected chi connectivity index (χ0v) is 16.5. The number of β-lactam (4-membered cyclic amide) rings is 1. The summed E-state index contributed by atoms with van der Waals surface area (Å²) in [5.74, 6) is -2.92. The number of likely N-dealkylation sites (tertiary alicyclic amines) is 1. The van der Waals surface area contributed by atoms with Crippen LogP contribution in [0.3, 0.4) is 0 Å². The van der Waals surface area contributed by atoms with Crippen molar-refractivity contribution in [3.8, 4) is 0 Å². The third-order valence-corrected chi connectivity index (χ3v) is 4.55. The van der Waals surface area contributed by atoms with Crippen LogP contribution in [-0.4, -0.2) is 65.2 Å². The number of carbonyl (C=O) groups excluding carboxylic acids is 3. The van der Waals surface area contributed by atoms with Gasteiger partial charge in [0.25, 0.3) is 5.91 Å². The molecule has 8 nitrogen and oxygen atoms in total. The van der Waals surface area contributed by atoms with Crippen LogP contribution in [0.25, 0.3) is 0 Å². The fraction of sp³-hybridized carbons (Fsp3) is 0.583. The Morgan fingerprint density at radius 3 is 2.44 bits per heavy atom. The van der Waals surface area contributed by atoms with Crippen LogP contribution in [0.2, 0.25) is 0 Å². The molecular weight excluding hydrogens is 442 g/mol. The molecule has 0 saturated carbocycles. The molecule has 0 bridgehead atoms. The van der Waals surface area contributed by atoms with Crippen molar-refractivity contribution in [3.63, 3.8) is 0 Å². The smallest absolute Gasteiger partial charge is 0.333 e. The molecule has 25 heavy (non-hydrogen) atoms. The number of amides is 2. The molecule has 0 radical (unpaired) electrons. The Balaban J connectivity index is 3.01. The summed E-state index contributed by atoms with van der Waals surface area (Å²) in [6.07, 6.45) is 0. The van der Waals surface area contributed by atoms with Gasteiger partial charge in [0.05, 0.1) is 0 Å². The van der Waals surface area contributed by atoms with Gasteiger partial charge in [-0.1, -0.05) is 41.4 Å². The molecule has 0 spiro atoms. The van der Waals surface area contributed by atoms with Crippen molar-refractivity contribution < 1.29 is 27.9 Å². The van der Waals surface area contributed by atoms with Crippen LogP contribution in [0.1, 0.15) is 6.92 Å². The highest BCUT2D eigenvalue weighted by Gasteiger charge is 2.56. The number of carbonyl (C=O) groups is 3. The molecule has 4 unspecified atom stereocenters. The standard InChI is InChI=1S/C12H14Cl4N2O6S/c1-5(2)8(11(21)24-4-12(14,15)16)18-9(20)7(10(18)25(22)23)17-6(19)3-13/h7-8,10H,1,3-4H2,2H3,(H,17,19)(H,22,23). The Morgan fingerprint density at radius 1 is 1.48 bits per heavy atom. The van der Waals surface area contributed by atoms with E-state index in [1.54, 1.807) is 0 Å². The van der Waals surface area contributed by atoms with E-state index >= 15 is 0 Å². The van der Waals surface area contributed by atoms with E-state index in [1.165, 1.54) is 6.92 Å². The van der Waals surface area contributed by atoms with Gasteiger partial charge in [-0.15, -0.1) is 11.6 Å². The van der Waals surface area contributed by atoms with Crippen molar-refractivity contribution in [1.29, 1.82) is 0 Å². The average Bonchev–Trinajstić information content (AvgIpc) is 2.48. The molecule has 0 aromatic heterocycles. The summed E-state index contributed by atoms with van der Waals surface area (Å²) < 4.78 is 24.0. The molecule has 1 aliphatic heterocycles. The third kappa shape index (κ3) is 5.70. The van der Waals surface area contributed by atoms with Crippen LogP contribution in [0.5, 0.6) is 0 Å². The van der Waals surface area contributed by atoms with E-state index in [0.717, 1.165) is 4.90 Å². The number of halogens is 4. The lowest BCUT2D eigenvalue weighted by Crippen LogP contribution is -2.75. The molecule has 0 aromatic carbocycles. The SMILES string of the molecule is C=C(C)C(C(=O)OCC(Cl)(Cl)Cl)N1C(=O)C(NC(=O)CCl)C1S(=O)O. The van der Waals surface area contributed by atoms with Crippen LogP contribution in [0.4, 0.5) is 0 Å². The fourth-order valence-electron chi connectivity index (χ4n) is 2.10. The number of esters is 1. The highest BCUT2D eigenvalue weighted by atomic mass is 35.6. The maximum Gasteiger partial charge on any atom is 0.333 e. The lowest BCUT2D eigenvalue weighted by Gasteiger charge is -2.48. The van der Waals surface area contributed by atoms with Gasteiger partial charge in [0.1, 0.15) is 18.5 Å². The first kappa shape index (κ1) is 22.5. The summed E-state index contributed by atoms with van der Waals surface area (Å²) in [5.41, 5.74) is 0.153. The Bertz CT molecular complexity index is 611. The van der Waals surface area contributed by atoms with Crippen molar-refractivity contribution in [2.45, 2.75) is 28.2 Å². The van der Waals surface area contributed by atoms with Crippen LogP contribution < -0.4 is 5.32 Å². The first-order chi connectivity index (χ1) is 11.4. The molecule has 1 fully saturated rings. The second kappa shape index (κ2) is 8.88. The van der Waals surface area contributed by atoms with Crippen molar-refractivity contribution in [1.82, 2.24) is 10.2 Å². The van der Waals surface area contributed by atoms with Gasteiger partial charge in [0.15, 0.2) is 22.5 Å². The zero-order valence-electron chi connectivity index (χ0n) is 12.7. The largest absolute Gasteiger partial charge is 0.459 e. The Kier molecular flexibility index (Phi) is 7.97. The monoisotopic (exact) mass is 454 g/mol. The third-order valence-electron chi connectivity index (χ3n) is 3.07. The van der Waals surface area contributed by atoms with E-state index in [0.29, 0.717) is 0 Å². The predicted octanol–water partition coefficient (Wildman–Crippen LogP) is 0.958. The van der Waals surface area contributed by atoms with E-state index in [9.17, 15) is 23.1 Å². The quantitative estimate of drug-likeness (QED) is 0.194. The minimum atomic E-state index is -2.58. The van der Waals surface area contributed by atoms with E-state index in [4.69, 9.17) is 51.1 Å². The summed E-state index contributed by atoms with van der Waals surface area (Å²) in [6, 6.07) is -2.69. The molecule has 0 aromatic rings. The van der Waals surface area contributed by atoms with Crippen LogP contribution in [0.15, 0.2) is 12.2 Å². The molecule has 142 valence electrons. The molecule has 1 aliphatic rings. The normalized spacial score (nSPS) is 22.6. The van der Waals surface area contributed by atoms with Crippen molar-refractivity contribution >= 4 is 75.3 Å². The maximum absolute atomic E-state index is 12.3. The van der Waals surface area contributed by atoms with Crippen LogP contribution in [-0.2, 0) is 30.2 Å². The highest BCUT2D eigenvalue weighted by Crippen LogP contribution is 2.30. The summed E-state index contributed by atoms with van der Waals surface area (Å²) >= 11 is 19.2. The number of alkyl halides is 4. The van der Waals surface area contributed by atoms with E-state index in [1.807, 2.05) is 0 Å². The Morgan fingerprint density at radius 2 is 2.04 bits per heavy atom.